The van der Waals surface area contributed by atoms with Gasteiger partial charge in [-0.2, -0.15) is 0 Å². The zero-order valence-electron chi connectivity index (χ0n) is 13.8. The highest BCUT2D eigenvalue weighted by Gasteiger charge is 2.15. The van der Waals surface area contributed by atoms with Crippen molar-refractivity contribution in [1.82, 2.24) is 0 Å². The van der Waals surface area contributed by atoms with Gasteiger partial charge in [0.05, 0.1) is 34.5 Å². The van der Waals surface area contributed by atoms with Crippen molar-refractivity contribution in [2.24, 2.45) is 0 Å². The molecular formula is C16H28N2O4+2. The van der Waals surface area contributed by atoms with Crippen molar-refractivity contribution in [2.75, 3.05) is 60.7 Å². The number of morpholine rings is 1. The number of nitrogens with two attached hydrogens (primary N) is 1. The van der Waals surface area contributed by atoms with Crippen molar-refractivity contribution in [3.63, 3.8) is 0 Å². The maximum Gasteiger partial charge on any atom is 0.203 e. The van der Waals surface area contributed by atoms with E-state index in [1.807, 2.05) is 12.1 Å². The summed E-state index contributed by atoms with van der Waals surface area (Å²) in [5.41, 5.74) is 1.17. The molecule has 0 radical (unpaired) electrons. The number of nitrogens with one attached hydrogen (secondary N) is 1. The third-order valence-corrected chi connectivity index (χ3v) is 4.01. The fourth-order valence-electron chi connectivity index (χ4n) is 2.74. The Kier molecular flexibility index (Phi) is 6.76. The summed E-state index contributed by atoms with van der Waals surface area (Å²) in [4.78, 5) is 1.63. The highest BCUT2D eigenvalue weighted by Crippen LogP contribution is 2.37. The Hall–Kier alpha value is -1.50. The molecule has 2 rings (SSSR count). The molecule has 1 fully saturated rings. The molecule has 0 bridgehead atoms. The molecule has 0 spiro atoms. The lowest BCUT2D eigenvalue weighted by atomic mass is 10.1. The summed E-state index contributed by atoms with van der Waals surface area (Å²) >= 11 is 0. The highest BCUT2D eigenvalue weighted by atomic mass is 16.5. The molecule has 1 saturated heterocycles. The zero-order valence-corrected chi connectivity index (χ0v) is 13.8. The molecule has 1 aliphatic heterocycles. The van der Waals surface area contributed by atoms with E-state index in [-0.39, 0.29) is 0 Å². The zero-order chi connectivity index (χ0) is 15.8. The summed E-state index contributed by atoms with van der Waals surface area (Å²) < 4.78 is 21.5. The molecule has 0 aliphatic carbocycles. The topological polar surface area (TPSA) is 58.0 Å². The predicted molar refractivity (Wildman–Crippen MR) is 83.0 cm³/mol. The van der Waals surface area contributed by atoms with Gasteiger partial charge in [0, 0.05) is 5.56 Å². The number of rotatable bonds is 8. The van der Waals surface area contributed by atoms with Crippen LogP contribution in [0, 0.1) is 0 Å². The Morgan fingerprint density at radius 2 is 1.68 bits per heavy atom. The van der Waals surface area contributed by atoms with Gasteiger partial charge in [-0.15, -0.1) is 0 Å². The molecule has 0 amide bonds. The van der Waals surface area contributed by atoms with Crippen LogP contribution >= 0.6 is 0 Å². The summed E-state index contributed by atoms with van der Waals surface area (Å²) in [5, 5.41) is 2.32. The molecule has 1 aliphatic rings. The number of benzene rings is 1. The number of ether oxygens (including phenoxy) is 4. The molecule has 22 heavy (non-hydrogen) atoms. The smallest absolute Gasteiger partial charge is 0.203 e. The van der Waals surface area contributed by atoms with E-state index in [4.69, 9.17) is 18.9 Å². The quantitative estimate of drug-likeness (QED) is 0.585. The van der Waals surface area contributed by atoms with Crippen LogP contribution in [0.25, 0.3) is 0 Å². The lowest BCUT2D eigenvalue weighted by Gasteiger charge is -2.22. The van der Waals surface area contributed by atoms with Crippen LogP contribution in [0.2, 0.25) is 0 Å². The highest BCUT2D eigenvalue weighted by molar-refractivity contribution is 5.53. The first kappa shape index (κ1) is 16.9. The van der Waals surface area contributed by atoms with Gasteiger partial charge in [0.25, 0.3) is 0 Å². The Labute approximate surface area is 132 Å². The summed E-state index contributed by atoms with van der Waals surface area (Å²) in [6.45, 7) is 7.21. The van der Waals surface area contributed by atoms with Crippen molar-refractivity contribution in [2.45, 2.75) is 6.54 Å². The lowest BCUT2D eigenvalue weighted by molar-refractivity contribution is -0.920. The number of hydrogen-bond donors (Lipinski definition) is 2. The molecule has 0 unspecified atom stereocenters. The van der Waals surface area contributed by atoms with Crippen molar-refractivity contribution >= 4 is 0 Å². The van der Waals surface area contributed by atoms with E-state index in [9.17, 15) is 0 Å². The van der Waals surface area contributed by atoms with E-state index in [1.165, 1.54) is 12.1 Å². The fraction of sp³-hybridized carbons (Fsp3) is 0.625. The predicted octanol–water partition coefficient (Wildman–Crippen LogP) is -1.31. The van der Waals surface area contributed by atoms with Gasteiger partial charge in [-0.1, -0.05) is 0 Å². The van der Waals surface area contributed by atoms with E-state index in [0.29, 0.717) is 17.2 Å². The van der Waals surface area contributed by atoms with Crippen LogP contribution < -0.4 is 24.4 Å². The van der Waals surface area contributed by atoms with Gasteiger partial charge >= 0.3 is 0 Å². The van der Waals surface area contributed by atoms with E-state index >= 15 is 0 Å². The molecule has 3 N–H and O–H groups in total. The Morgan fingerprint density at radius 1 is 1.05 bits per heavy atom. The van der Waals surface area contributed by atoms with Gasteiger partial charge in [0.1, 0.15) is 32.7 Å². The van der Waals surface area contributed by atoms with Crippen LogP contribution in [0.5, 0.6) is 17.2 Å². The van der Waals surface area contributed by atoms with E-state index in [2.05, 4.69) is 5.32 Å². The standard InChI is InChI=1S/C16H26N2O4/c1-19-14-10-13(11-15(20-2)16(14)21-3)12-17-4-5-18-6-8-22-9-7-18/h10-11,17H,4-9,12H2,1-3H3/p+2. The normalized spacial score (nSPS) is 15.6. The maximum absolute atomic E-state index is 5.38. The van der Waals surface area contributed by atoms with E-state index in [0.717, 1.165) is 39.4 Å². The second-order valence-corrected chi connectivity index (χ2v) is 5.43. The van der Waals surface area contributed by atoms with Gasteiger partial charge < -0.3 is 29.2 Å². The minimum atomic E-state index is 0.645. The molecule has 0 aromatic heterocycles. The molecular weight excluding hydrogens is 284 g/mol. The number of quaternary nitrogens is 2. The summed E-state index contributed by atoms with van der Waals surface area (Å²) in [7, 11) is 4.91. The number of hydrogen-bond acceptors (Lipinski definition) is 4. The van der Waals surface area contributed by atoms with Crippen LogP contribution in [-0.2, 0) is 11.3 Å². The SMILES string of the molecule is COc1cc(C[NH2+]CC[NH+]2CCOCC2)cc(OC)c1OC. The van der Waals surface area contributed by atoms with Crippen molar-refractivity contribution in [1.29, 1.82) is 0 Å². The van der Waals surface area contributed by atoms with Gasteiger partial charge in [-0.25, -0.2) is 0 Å². The largest absolute Gasteiger partial charge is 0.493 e. The van der Waals surface area contributed by atoms with Crippen LogP contribution in [-0.4, -0.2) is 60.7 Å². The Morgan fingerprint density at radius 3 is 2.23 bits per heavy atom. The van der Waals surface area contributed by atoms with Gasteiger partial charge in [-0.05, 0) is 12.1 Å². The van der Waals surface area contributed by atoms with Crippen LogP contribution in [0.4, 0.5) is 0 Å². The minimum Gasteiger partial charge on any atom is -0.493 e. The first-order valence-electron chi connectivity index (χ1n) is 7.80. The van der Waals surface area contributed by atoms with Crippen LogP contribution in [0.15, 0.2) is 12.1 Å². The molecule has 6 heteroatoms. The second kappa shape index (κ2) is 8.82. The van der Waals surface area contributed by atoms with Gasteiger partial charge in [-0.3, -0.25) is 0 Å². The molecule has 124 valence electrons. The summed E-state index contributed by atoms with van der Waals surface area (Å²) in [6.07, 6.45) is 0. The second-order valence-electron chi connectivity index (χ2n) is 5.43. The molecule has 1 heterocycles. The van der Waals surface area contributed by atoms with Crippen LogP contribution in [0.1, 0.15) is 5.56 Å². The third-order valence-electron chi connectivity index (χ3n) is 4.01. The Bertz CT molecular complexity index is 436. The first-order valence-corrected chi connectivity index (χ1v) is 7.80. The fourth-order valence-corrected chi connectivity index (χ4v) is 2.74. The molecule has 0 saturated carbocycles. The molecule has 0 atom stereocenters. The van der Waals surface area contributed by atoms with Gasteiger partial charge in [0.15, 0.2) is 11.5 Å². The molecule has 1 aromatic rings. The Balaban J connectivity index is 1.86. The molecule has 1 aromatic carbocycles. The van der Waals surface area contributed by atoms with Crippen molar-refractivity contribution in [3.05, 3.63) is 17.7 Å². The molecule has 6 nitrogen and oxygen atoms in total. The van der Waals surface area contributed by atoms with E-state index < -0.39 is 0 Å². The van der Waals surface area contributed by atoms with E-state index in [1.54, 1.807) is 26.2 Å². The average Bonchev–Trinajstić information content (AvgIpc) is 2.58. The van der Waals surface area contributed by atoms with Crippen LogP contribution in [0.3, 0.4) is 0 Å². The van der Waals surface area contributed by atoms with Crippen molar-refractivity contribution < 1.29 is 29.2 Å². The maximum atomic E-state index is 5.38. The first-order chi connectivity index (χ1) is 10.8. The average molecular weight is 312 g/mol. The van der Waals surface area contributed by atoms with Crippen molar-refractivity contribution in [3.8, 4) is 17.2 Å². The number of methoxy groups -OCH3 is 3. The monoisotopic (exact) mass is 312 g/mol. The minimum absolute atomic E-state index is 0.645. The van der Waals surface area contributed by atoms with Gasteiger partial charge in [0.2, 0.25) is 5.75 Å². The summed E-state index contributed by atoms with van der Waals surface area (Å²) in [6, 6.07) is 4.03. The summed E-state index contributed by atoms with van der Waals surface area (Å²) in [5.74, 6) is 2.07. The lowest BCUT2D eigenvalue weighted by Crippen LogP contribution is -3.16. The third kappa shape index (κ3) is 4.50.